The number of azo groups is 1. The van der Waals surface area contributed by atoms with Gasteiger partial charge in [0.15, 0.2) is 5.75 Å². The number of hydrogen-bond acceptors (Lipinski definition) is 10. The molecule has 0 aliphatic heterocycles. The molecule has 0 spiro atoms. The van der Waals surface area contributed by atoms with Crippen LogP contribution in [-0.4, -0.2) is 45.4 Å². The number of carbonyl (C=O) groups is 1. The Balaban J connectivity index is 1.95. The molecule has 0 unspecified atom stereocenters. The number of rotatable bonds is 8. The number of nitrogens with one attached hydrogen (secondary N) is 2. The van der Waals surface area contributed by atoms with Crippen LogP contribution in [0.1, 0.15) is 12.5 Å². The summed E-state index contributed by atoms with van der Waals surface area (Å²) < 4.78 is 96.4. The summed E-state index contributed by atoms with van der Waals surface area (Å²) >= 11 is 0. The SMILES string of the molecule is CC(=O)Nc1ccc(/N=N/c2c(S(=O)(=O)O)cc3cc(S(=O)(=O)O)cc(NS(=O)(=O)c4ccc(C)cc4)c3c2O)cc1. The van der Waals surface area contributed by atoms with Crippen molar-refractivity contribution in [1.29, 1.82) is 0 Å². The van der Waals surface area contributed by atoms with Gasteiger partial charge in [0, 0.05) is 12.6 Å². The van der Waals surface area contributed by atoms with Crippen LogP contribution in [0.5, 0.6) is 5.75 Å². The van der Waals surface area contributed by atoms with E-state index in [9.17, 15) is 44.3 Å². The van der Waals surface area contributed by atoms with Gasteiger partial charge < -0.3 is 10.4 Å². The molecule has 5 N–H and O–H groups in total. The van der Waals surface area contributed by atoms with Gasteiger partial charge >= 0.3 is 0 Å². The first kappa shape index (κ1) is 30.5. The summed E-state index contributed by atoms with van der Waals surface area (Å²) in [5.74, 6) is -1.31. The lowest BCUT2D eigenvalue weighted by atomic mass is 10.1. The molecule has 0 heterocycles. The molecule has 220 valence electrons. The molecule has 17 heteroatoms. The second-order valence-corrected chi connectivity index (χ2v) is 13.4. The number of carbonyl (C=O) groups excluding carboxylic acids is 1. The van der Waals surface area contributed by atoms with Crippen LogP contribution in [0.3, 0.4) is 0 Å². The molecule has 1 amide bonds. The van der Waals surface area contributed by atoms with Crippen LogP contribution in [0.25, 0.3) is 10.8 Å². The summed E-state index contributed by atoms with van der Waals surface area (Å²) in [7, 11) is -14.5. The zero-order chi connectivity index (χ0) is 31.0. The fourth-order valence-electron chi connectivity index (χ4n) is 3.83. The van der Waals surface area contributed by atoms with E-state index in [-0.39, 0.29) is 16.5 Å². The van der Waals surface area contributed by atoms with Gasteiger partial charge in [-0.3, -0.25) is 18.6 Å². The third kappa shape index (κ3) is 6.72. The minimum Gasteiger partial charge on any atom is -0.505 e. The number of nitrogens with zero attached hydrogens (tertiary/aromatic N) is 2. The molecular weight excluding hydrogens is 612 g/mol. The zero-order valence-corrected chi connectivity index (χ0v) is 24.1. The highest BCUT2D eigenvalue weighted by Crippen LogP contribution is 2.45. The van der Waals surface area contributed by atoms with E-state index in [1.807, 2.05) is 0 Å². The van der Waals surface area contributed by atoms with Gasteiger partial charge in [-0.25, -0.2) is 8.42 Å². The van der Waals surface area contributed by atoms with Crippen molar-refractivity contribution < 1.29 is 44.3 Å². The Hall–Kier alpha value is -4.42. The first-order valence-corrected chi connectivity index (χ1v) is 16.0. The van der Waals surface area contributed by atoms with E-state index < -0.39 is 67.9 Å². The van der Waals surface area contributed by atoms with Crippen LogP contribution < -0.4 is 10.0 Å². The molecule has 0 aliphatic carbocycles. The predicted octanol–water partition coefficient (Wildman–Crippen LogP) is 4.52. The van der Waals surface area contributed by atoms with Crippen LogP contribution in [-0.2, 0) is 35.1 Å². The van der Waals surface area contributed by atoms with Gasteiger partial charge in [0.1, 0.15) is 10.6 Å². The summed E-state index contributed by atoms with van der Waals surface area (Å²) in [5, 5.41) is 20.5. The highest BCUT2D eigenvalue weighted by atomic mass is 32.2. The standard InChI is InChI=1S/C25H22N4O10S3/c1-14-3-9-19(10-4-14)40(32,33)29-21-13-20(41(34,35)36)11-16-12-22(42(37,38)39)24(25(31)23(16)21)28-27-18-7-5-17(6-8-18)26-15(2)30/h3-13,29,31H,1-2H3,(H,26,30)(H,34,35,36)(H,37,38,39)/b28-27+. The van der Waals surface area contributed by atoms with Gasteiger partial charge in [0.05, 0.1) is 26.6 Å². The maximum Gasteiger partial charge on any atom is 0.296 e. The molecule has 4 aromatic carbocycles. The number of fused-ring (bicyclic) bond motifs is 1. The van der Waals surface area contributed by atoms with Crippen molar-refractivity contribution >= 4 is 69.7 Å². The highest BCUT2D eigenvalue weighted by molar-refractivity contribution is 7.92. The molecule has 0 bridgehead atoms. The quantitative estimate of drug-likeness (QED) is 0.134. The summed E-state index contributed by atoms with van der Waals surface area (Å²) in [5.41, 5.74) is -0.0499. The topological polar surface area (TPSA) is 229 Å². The number of aromatic hydroxyl groups is 1. The maximum atomic E-state index is 13.1. The number of anilines is 2. The molecule has 0 radical (unpaired) electrons. The van der Waals surface area contributed by atoms with E-state index in [2.05, 4.69) is 20.3 Å². The van der Waals surface area contributed by atoms with Gasteiger partial charge in [0.2, 0.25) is 5.91 Å². The van der Waals surface area contributed by atoms with E-state index in [0.717, 1.165) is 23.8 Å². The molecule has 0 saturated carbocycles. The van der Waals surface area contributed by atoms with E-state index in [4.69, 9.17) is 0 Å². The van der Waals surface area contributed by atoms with Crippen molar-refractivity contribution in [2.24, 2.45) is 10.2 Å². The lowest BCUT2D eigenvalue weighted by molar-refractivity contribution is -0.114. The van der Waals surface area contributed by atoms with Crippen molar-refractivity contribution in [3.63, 3.8) is 0 Å². The molecular formula is C25H22N4O10S3. The van der Waals surface area contributed by atoms with E-state index in [0.29, 0.717) is 5.69 Å². The molecule has 14 nitrogen and oxygen atoms in total. The average Bonchev–Trinajstić information content (AvgIpc) is 2.87. The Morgan fingerprint density at radius 1 is 0.786 bits per heavy atom. The van der Waals surface area contributed by atoms with E-state index in [1.165, 1.54) is 55.5 Å². The summed E-state index contributed by atoms with van der Waals surface area (Å²) in [6.07, 6.45) is 0. The Labute approximate surface area is 240 Å². The van der Waals surface area contributed by atoms with Crippen LogP contribution in [0.15, 0.2) is 91.6 Å². The third-order valence-corrected chi connectivity index (χ3v) is 8.81. The first-order chi connectivity index (χ1) is 19.5. The lowest BCUT2D eigenvalue weighted by Gasteiger charge is -2.16. The van der Waals surface area contributed by atoms with Crippen molar-refractivity contribution in [1.82, 2.24) is 0 Å². The van der Waals surface area contributed by atoms with E-state index >= 15 is 0 Å². The minimum absolute atomic E-state index is 0.131. The predicted molar refractivity (Wildman–Crippen MR) is 152 cm³/mol. The third-order valence-electron chi connectivity index (χ3n) is 5.73. The number of phenolic OH excluding ortho intramolecular Hbond substituents is 1. The molecule has 4 rings (SSSR count). The van der Waals surface area contributed by atoms with Gasteiger partial charge in [-0.1, -0.05) is 17.7 Å². The smallest absolute Gasteiger partial charge is 0.296 e. The molecule has 0 saturated heterocycles. The fraction of sp³-hybridized carbons (Fsp3) is 0.0800. The maximum absolute atomic E-state index is 13.1. The number of sulfonamides is 1. The number of benzene rings is 4. The number of phenols is 1. The lowest BCUT2D eigenvalue weighted by Crippen LogP contribution is -2.14. The monoisotopic (exact) mass is 634 g/mol. The minimum atomic E-state index is -5.13. The molecule has 0 aliphatic rings. The van der Waals surface area contributed by atoms with Gasteiger partial charge in [-0.05, 0) is 66.9 Å². The zero-order valence-electron chi connectivity index (χ0n) is 21.7. The van der Waals surface area contributed by atoms with E-state index in [1.54, 1.807) is 6.92 Å². The van der Waals surface area contributed by atoms with Crippen LogP contribution in [0, 0.1) is 6.92 Å². The Morgan fingerprint density at radius 2 is 1.40 bits per heavy atom. The largest absolute Gasteiger partial charge is 0.505 e. The van der Waals surface area contributed by atoms with Crippen molar-refractivity contribution in [3.8, 4) is 5.75 Å². The van der Waals surface area contributed by atoms with Crippen LogP contribution in [0.2, 0.25) is 0 Å². The highest BCUT2D eigenvalue weighted by Gasteiger charge is 2.27. The summed E-state index contributed by atoms with van der Waals surface area (Å²) in [4.78, 5) is 9.15. The van der Waals surface area contributed by atoms with Crippen molar-refractivity contribution in [2.45, 2.75) is 28.5 Å². The average molecular weight is 635 g/mol. The second kappa shape index (κ2) is 11.1. The molecule has 0 aromatic heterocycles. The van der Waals surface area contributed by atoms with Crippen LogP contribution >= 0.6 is 0 Å². The molecule has 42 heavy (non-hydrogen) atoms. The number of amides is 1. The molecule has 4 aromatic rings. The van der Waals surface area contributed by atoms with Crippen molar-refractivity contribution in [3.05, 3.63) is 72.3 Å². The van der Waals surface area contributed by atoms with Gasteiger partial charge in [0.25, 0.3) is 30.3 Å². The second-order valence-electron chi connectivity index (χ2n) is 8.94. The Morgan fingerprint density at radius 3 is 1.95 bits per heavy atom. The fourth-order valence-corrected chi connectivity index (χ4v) is 6.09. The number of hydrogen-bond donors (Lipinski definition) is 5. The Bertz CT molecular complexity index is 2080. The molecule has 0 fully saturated rings. The van der Waals surface area contributed by atoms with Crippen LogP contribution in [0.4, 0.5) is 22.7 Å². The summed E-state index contributed by atoms with van der Waals surface area (Å²) in [6, 6.07) is 13.5. The normalized spacial score (nSPS) is 12.5. The number of aryl methyl sites for hydroxylation is 1. The molecule has 0 atom stereocenters. The van der Waals surface area contributed by atoms with Gasteiger partial charge in [-0.15, -0.1) is 5.11 Å². The van der Waals surface area contributed by atoms with Gasteiger partial charge in [-0.2, -0.15) is 21.9 Å². The first-order valence-electron chi connectivity index (χ1n) is 11.6. The summed E-state index contributed by atoms with van der Waals surface area (Å²) in [6.45, 7) is 3.03. The van der Waals surface area contributed by atoms with Crippen molar-refractivity contribution in [2.75, 3.05) is 10.0 Å². The Kier molecular flexibility index (Phi) is 8.07.